The maximum absolute atomic E-state index is 15.1. The topological polar surface area (TPSA) is 9.23 Å². The number of rotatable bonds is 8. The van der Waals surface area contributed by atoms with Crippen molar-refractivity contribution in [3.63, 3.8) is 0 Å². The Kier molecular flexibility index (Phi) is 7.74. The first kappa shape index (κ1) is 24.5. The van der Waals surface area contributed by atoms with Crippen molar-refractivity contribution >= 4 is 10.8 Å². The number of alkyl halides is 2. The van der Waals surface area contributed by atoms with Crippen LogP contribution in [-0.4, -0.2) is 6.61 Å². The molecule has 0 saturated heterocycles. The smallest absolute Gasteiger partial charge is 0.387 e. The summed E-state index contributed by atoms with van der Waals surface area (Å²) in [7, 11) is 0. The highest BCUT2D eigenvalue weighted by molar-refractivity contribution is 5.89. The van der Waals surface area contributed by atoms with Crippen molar-refractivity contribution in [2.75, 3.05) is 0 Å². The van der Waals surface area contributed by atoms with Crippen molar-refractivity contribution in [1.29, 1.82) is 0 Å². The van der Waals surface area contributed by atoms with E-state index in [1.54, 1.807) is 0 Å². The summed E-state index contributed by atoms with van der Waals surface area (Å²) >= 11 is 0. The summed E-state index contributed by atoms with van der Waals surface area (Å²) in [6.07, 6.45) is 9.01. The predicted molar refractivity (Wildman–Crippen MR) is 125 cm³/mol. The summed E-state index contributed by atoms with van der Waals surface area (Å²) in [5, 5.41) is 0.371. The average Bonchev–Trinajstić information content (AvgIpc) is 2.81. The molecule has 0 aliphatic heterocycles. The summed E-state index contributed by atoms with van der Waals surface area (Å²) in [6, 6.07) is 9.49. The van der Waals surface area contributed by atoms with Crippen molar-refractivity contribution in [3.8, 4) is 16.9 Å². The van der Waals surface area contributed by atoms with E-state index >= 15 is 8.78 Å². The molecule has 1 aliphatic carbocycles. The maximum atomic E-state index is 15.1. The van der Waals surface area contributed by atoms with Crippen LogP contribution >= 0.6 is 0 Å². The van der Waals surface area contributed by atoms with Crippen LogP contribution < -0.4 is 4.74 Å². The Balaban J connectivity index is 1.54. The molecule has 0 radical (unpaired) electrons. The van der Waals surface area contributed by atoms with Gasteiger partial charge in [0.2, 0.25) is 0 Å². The van der Waals surface area contributed by atoms with Crippen molar-refractivity contribution in [3.05, 3.63) is 65.5 Å². The average molecular weight is 477 g/mol. The number of halogens is 5. The number of unbranched alkanes of at least 4 members (excludes halogenated alkanes) is 2. The minimum absolute atomic E-state index is 0.0371. The normalized spacial score (nSPS) is 18.6. The van der Waals surface area contributed by atoms with Gasteiger partial charge >= 0.3 is 6.61 Å². The van der Waals surface area contributed by atoms with E-state index < -0.39 is 29.8 Å². The van der Waals surface area contributed by atoms with Crippen molar-refractivity contribution < 1.29 is 26.7 Å². The summed E-state index contributed by atoms with van der Waals surface area (Å²) < 4.78 is 73.8. The summed E-state index contributed by atoms with van der Waals surface area (Å²) in [6.45, 7) is -0.953. The second-order valence-corrected chi connectivity index (χ2v) is 9.27. The first-order valence-corrected chi connectivity index (χ1v) is 12.0. The Bertz CT molecular complexity index is 1110. The fourth-order valence-corrected chi connectivity index (χ4v) is 5.19. The summed E-state index contributed by atoms with van der Waals surface area (Å²) in [5.41, 5.74) is 0.772. The van der Waals surface area contributed by atoms with E-state index in [1.807, 2.05) is 0 Å². The number of ether oxygens (including phenoxy) is 1. The van der Waals surface area contributed by atoms with Gasteiger partial charge in [0.15, 0.2) is 11.6 Å². The van der Waals surface area contributed by atoms with Gasteiger partial charge in [-0.15, -0.1) is 0 Å². The Morgan fingerprint density at radius 2 is 1.59 bits per heavy atom. The summed E-state index contributed by atoms with van der Waals surface area (Å²) in [5.74, 6) is -1.96. The number of fused-ring (bicyclic) bond motifs is 1. The molecule has 4 rings (SSSR count). The quantitative estimate of drug-likeness (QED) is 0.232. The van der Waals surface area contributed by atoms with Crippen LogP contribution in [0.1, 0.15) is 69.8 Å². The number of hydrogen-bond donors (Lipinski definition) is 0. The Morgan fingerprint density at radius 3 is 2.24 bits per heavy atom. The molecule has 3 aromatic rings. The minimum Gasteiger partial charge on any atom is -0.432 e. The van der Waals surface area contributed by atoms with E-state index in [9.17, 15) is 13.2 Å². The van der Waals surface area contributed by atoms with Crippen LogP contribution in [0, 0.1) is 23.4 Å². The zero-order valence-corrected chi connectivity index (χ0v) is 19.2. The summed E-state index contributed by atoms with van der Waals surface area (Å²) in [4.78, 5) is 0. The van der Waals surface area contributed by atoms with Gasteiger partial charge < -0.3 is 4.74 Å². The fourth-order valence-electron chi connectivity index (χ4n) is 5.19. The fraction of sp³-hybridized carbons (Fsp3) is 0.429. The molecule has 0 bridgehead atoms. The van der Waals surface area contributed by atoms with Gasteiger partial charge in [-0.1, -0.05) is 50.8 Å². The number of benzene rings is 3. The lowest BCUT2D eigenvalue weighted by atomic mass is 9.76. The molecule has 0 spiro atoms. The van der Waals surface area contributed by atoms with E-state index in [-0.39, 0.29) is 22.4 Å². The zero-order chi connectivity index (χ0) is 24.2. The standard InChI is InChI=1S/C28H29F5O/c1-2-3-4-5-17-6-8-18(9-7-17)21-15-23(29)26(24(30)16-21)20-10-12-22-19(14-20)11-13-25(27(22)31)34-28(32)33/h10-18,28H,2-9H2,1H3. The van der Waals surface area contributed by atoms with E-state index in [2.05, 4.69) is 11.7 Å². The van der Waals surface area contributed by atoms with Gasteiger partial charge in [0, 0.05) is 5.39 Å². The molecule has 6 heteroatoms. The van der Waals surface area contributed by atoms with Gasteiger partial charge in [-0.3, -0.25) is 0 Å². The first-order chi connectivity index (χ1) is 16.4. The van der Waals surface area contributed by atoms with Crippen molar-refractivity contribution in [2.45, 2.75) is 70.8 Å². The maximum Gasteiger partial charge on any atom is 0.387 e. The van der Waals surface area contributed by atoms with E-state index in [1.165, 1.54) is 62.1 Å². The van der Waals surface area contributed by atoms with Gasteiger partial charge in [0.05, 0.1) is 5.56 Å². The molecule has 1 fully saturated rings. The molecule has 1 nitrogen and oxygen atoms in total. The van der Waals surface area contributed by atoms with Crippen LogP contribution in [0.5, 0.6) is 5.75 Å². The zero-order valence-electron chi connectivity index (χ0n) is 19.2. The van der Waals surface area contributed by atoms with Gasteiger partial charge in [-0.05, 0) is 78.3 Å². The van der Waals surface area contributed by atoms with Crippen LogP contribution in [0.4, 0.5) is 22.0 Å². The third kappa shape index (κ3) is 5.37. The van der Waals surface area contributed by atoms with Crippen LogP contribution in [-0.2, 0) is 0 Å². The lowest BCUT2D eigenvalue weighted by molar-refractivity contribution is -0.0520. The Morgan fingerprint density at radius 1 is 0.882 bits per heavy atom. The molecule has 0 aromatic heterocycles. The van der Waals surface area contributed by atoms with Gasteiger partial charge in [0.25, 0.3) is 0 Å². The minimum atomic E-state index is -3.15. The van der Waals surface area contributed by atoms with Crippen LogP contribution in [0.3, 0.4) is 0 Å². The van der Waals surface area contributed by atoms with E-state index in [0.29, 0.717) is 16.9 Å². The Labute approximate surface area is 196 Å². The molecule has 182 valence electrons. The lowest BCUT2D eigenvalue weighted by Gasteiger charge is -2.29. The van der Waals surface area contributed by atoms with Crippen LogP contribution in [0.25, 0.3) is 21.9 Å². The van der Waals surface area contributed by atoms with Crippen LogP contribution in [0.2, 0.25) is 0 Å². The first-order valence-electron chi connectivity index (χ1n) is 12.0. The molecular weight excluding hydrogens is 447 g/mol. The van der Waals surface area contributed by atoms with Gasteiger partial charge in [-0.25, -0.2) is 13.2 Å². The van der Waals surface area contributed by atoms with Gasteiger partial charge in [0.1, 0.15) is 11.6 Å². The molecule has 3 aromatic carbocycles. The van der Waals surface area contributed by atoms with Crippen molar-refractivity contribution in [1.82, 2.24) is 0 Å². The number of hydrogen-bond acceptors (Lipinski definition) is 1. The molecule has 0 amide bonds. The van der Waals surface area contributed by atoms with Crippen LogP contribution in [0.15, 0.2) is 42.5 Å². The molecule has 1 aliphatic rings. The Hall–Kier alpha value is -2.63. The highest BCUT2D eigenvalue weighted by Gasteiger charge is 2.24. The van der Waals surface area contributed by atoms with Gasteiger partial charge in [-0.2, -0.15) is 8.78 Å². The molecular formula is C28H29F5O. The van der Waals surface area contributed by atoms with Crippen molar-refractivity contribution in [2.24, 2.45) is 5.92 Å². The highest BCUT2D eigenvalue weighted by Crippen LogP contribution is 2.40. The molecule has 34 heavy (non-hydrogen) atoms. The second-order valence-electron chi connectivity index (χ2n) is 9.27. The second kappa shape index (κ2) is 10.7. The monoisotopic (exact) mass is 476 g/mol. The highest BCUT2D eigenvalue weighted by atomic mass is 19.3. The lowest BCUT2D eigenvalue weighted by Crippen LogP contribution is -2.14. The van der Waals surface area contributed by atoms with E-state index in [0.717, 1.165) is 31.7 Å². The molecule has 0 unspecified atom stereocenters. The predicted octanol–water partition coefficient (Wildman–Crippen LogP) is 9.38. The van der Waals surface area contributed by atoms with E-state index in [4.69, 9.17) is 0 Å². The molecule has 0 heterocycles. The largest absolute Gasteiger partial charge is 0.432 e. The molecule has 0 N–H and O–H groups in total. The third-order valence-corrected chi connectivity index (χ3v) is 7.02. The SMILES string of the molecule is CCCCCC1CCC(c2cc(F)c(-c3ccc4c(F)c(OC(F)F)ccc4c3)c(F)c2)CC1. The third-order valence-electron chi connectivity index (χ3n) is 7.02. The molecule has 0 atom stereocenters. The molecule has 1 saturated carbocycles.